The second-order valence-corrected chi connectivity index (χ2v) is 7.13. The summed E-state index contributed by atoms with van der Waals surface area (Å²) < 4.78 is 0. The summed E-state index contributed by atoms with van der Waals surface area (Å²) >= 11 is 1.33. The highest BCUT2D eigenvalue weighted by Crippen LogP contribution is 2.28. The number of aromatic hydroxyl groups is 1. The highest BCUT2D eigenvalue weighted by atomic mass is 32.1. The number of carbonyl (C=O) groups is 1. The summed E-state index contributed by atoms with van der Waals surface area (Å²) in [6, 6.07) is 11.3. The van der Waals surface area contributed by atoms with Crippen LogP contribution in [0.1, 0.15) is 21.6 Å². The smallest absolute Gasteiger partial charge is 0.273 e. The molecule has 0 fully saturated rings. The highest BCUT2D eigenvalue weighted by molar-refractivity contribution is 7.13. The number of hydrogen-bond donors (Lipinski definition) is 1. The van der Waals surface area contributed by atoms with Crippen molar-refractivity contribution in [1.82, 2.24) is 9.88 Å². The van der Waals surface area contributed by atoms with Gasteiger partial charge >= 0.3 is 0 Å². The highest BCUT2D eigenvalue weighted by Gasteiger charge is 2.24. The van der Waals surface area contributed by atoms with Crippen molar-refractivity contribution >= 4 is 22.9 Å². The lowest BCUT2D eigenvalue weighted by atomic mass is 9.99. The Morgan fingerprint density at radius 2 is 1.96 bits per heavy atom. The fourth-order valence-electron chi connectivity index (χ4n) is 3.11. The molecule has 2 aromatic carbocycles. The van der Waals surface area contributed by atoms with Crippen molar-refractivity contribution < 1.29 is 14.8 Å². The van der Waals surface area contributed by atoms with Crippen LogP contribution >= 0.6 is 11.3 Å². The number of benzene rings is 2. The van der Waals surface area contributed by atoms with Gasteiger partial charge in [0.1, 0.15) is 16.5 Å². The van der Waals surface area contributed by atoms with E-state index in [1.54, 1.807) is 34.5 Å². The van der Waals surface area contributed by atoms with Crippen molar-refractivity contribution in [3.05, 3.63) is 74.8 Å². The molecule has 136 valence electrons. The zero-order valence-electron chi connectivity index (χ0n) is 14.2. The number of fused-ring (bicyclic) bond motifs is 1. The molecular weight excluding hydrogens is 366 g/mol. The lowest BCUT2D eigenvalue weighted by molar-refractivity contribution is -0.384. The molecule has 1 aliphatic heterocycles. The Kier molecular flexibility index (Phi) is 4.33. The molecule has 1 N–H and O–H groups in total. The zero-order valence-corrected chi connectivity index (χ0v) is 15.0. The molecule has 0 bridgehead atoms. The first-order chi connectivity index (χ1) is 13.0. The molecule has 4 rings (SSSR count). The van der Waals surface area contributed by atoms with Crippen molar-refractivity contribution in [3.63, 3.8) is 0 Å². The molecule has 2 heterocycles. The largest absolute Gasteiger partial charge is 0.508 e. The minimum absolute atomic E-state index is 0.0156. The Bertz CT molecular complexity index is 1030. The number of hydrogen-bond acceptors (Lipinski definition) is 6. The molecule has 0 atom stereocenters. The number of aromatic nitrogens is 1. The van der Waals surface area contributed by atoms with E-state index in [0.717, 1.165) is 23.1 Å². The first kappa shape index (κ1) is 17.2. The van der Waals surface area contributed by atoms with E-state index in [2.05, 4.69) is 4.98 Å². The van der Waals surface area contributed by atoms with Crippen LogP contribution < -0.4 is 0 Å². The van der Waals surface area contributed by atoms with Gasteiger partial charge in [0.15, 0.2) is 0 Å². The minimum Gasteiger partial charge on any atom is -0.508 e. The van der Waals surface area contributed by atoms with Crippen molar-refractivity contribution in [2.24, 2.45) is 0 Å². The van der Waals surface area contributed by atoms with Gasteiger partial charge in [-0.3, -0.25) is 14.9 Å². The summed E-state index contributed by atoms with van der Waals surface area (Å²) in [5.74, 6) is 0.0329. The maximum Gasteiger partial charge on any atom is 0.273 e. The quantitative estimate of drug-likeness (QED) is 0.552. The molecule has 0 aliphatic carbocycles. The summed E-state index contributed by atoms with van der Waals surface area (Å²) in [5.41, 5.74) is 3.19. The summed E-state index contributed by atoms with van der Waals surface area (Å²) in [7, 11) is 0. The molecule has 1 amide bonds. The first-order valence-corrected chi connectivity index (χ1v) is 9.19. The number of amides is 1. The second kappa shape index (κ2) is 6.81. The number of phenolic OH excluding ortho intramolecular Hbond substituents is 1. The molecule has 8 heteroatoms. The van der Waals surface area contributed by atoms with Crippen LogP contribution in [-0.2, 0) is 13.0 Å². The average Bonchev–Trinajstić information content (AvgIpc) is 3.17. The zero-order chi connectivity index (χ0) is 19.0. The molecule has 1 aliphatic rings. The van der Waals surface area contributed by atoms with E-state index in [9.17, 15) is 20.0 Å². The van der Waals surface area contributed by atoms with Crippen molar-refractivity contribution in [3.8, 4) is 16.3 Å². The molecule has 27 heavy (non-hydrogen) atoms. The van der Waals surface area contributed by atoms with Crippen LogP contribution in [-0.4, -0.2) is 32.4 Å². The van der Waals surface area contributed by atoms with E-state index < -0.39 is 4.92 Å². The van der Waals surface area contributed by atoms with Gasteiger partial charge in [-0.2, -0.15) is 0 Å². The molecule has 1 aromatic heterocycles. The SMILES string of the molecule is O=C(c1csc(-c2ccc([N+](=O)[O-])cc2)n1)N1CCc2ccc(O)cc2C1. The molecule has 7 nitrogen and oxygen atoms in total. The third kappa shape index (κ3) is 3.39. The number of nitro benzene ring substituents is 1. The molecule has 0 radical (unpaired) electrons. The Balaban J connectivity index is 1.53. The summed E-state index contributed by atoms with van der Waals surface area (Å²) in [6.07, 6.45) is 0.737. The minimum atomic E-state index is -0.452. The summed E-state index contributed by atoms with van der Waals surface area (Å²) in [5, 5.41) is 22.8. The molecule has 0 unspecified atom stereocenters. The molecule has 0 saturated heterocycles. The Morgan fingerprint density at radius 3 is 2.70 bits per heavy atom. The lowest BCUT2D eigenvalue weighted by Crippen LogP contribution is -2.36. The molecule has 0 spiro atoms. The van der Waals surface area contributed by atoms with Crippen molar-refractivity contribution in [2.75, 3.05) is 6.54 Å². The third-order valence-corrected chi connectivity index (χ3v) is 5.43. The van der Waals surface area contributed by atoms with Crippen LogP contribution in [0.15, 0.2) is 47.8 Å². The predicted octanol–water partition coefficient (Wildman–Crippen LogP) is 3.62. The molecular formula is C19H15N3O4S. The van der Waals surface area contributed by atoms with E-state index in [-0.39, 0.29) is 17.3 Å². The lowest BCUT2D eigenvalue weighted by Gasteiger charge is -2.28. The second-order valence-electron chi connectivity index (χ2n) is 6.27. The van der Waals surface area contributed by atoms with Gasteiger partial charge in [-0.25, -0.2) is 4.98 Å². The van der Waals surface area contributed by atoms with E-state index in [1.807, 2.05) is 6.07 Å². The van der Waals surface area contributed by atoms with Crippen LogP contribution in [0, 0.1) is 10.1 Å². The van der Waals surface area contributed by atoms with Gasteiger partial charge < -0.3 is 10.0 Å². The monoisotopic (exact) mass is 381 g/mol. The number of nitro groups is 1. The third-order valence-electron chi connectivity index (χ3n) is 4.54. The number of rotatable bonds is 3. The standard InChI is InChI=1S/C19H15N3O4S/c23-16-6-3-12-7-8-21(10-14(12)9-16)19(24)17-11-27-18(20-17)13-1-4-15(5-2-13)22(25)26/h1-6,9,11,23H,7-8,10H2. The van der Waals surface area contributed by atoms with Crippen LogP contribution in [0.3, 0.4) is 0 Å². The van der Waals surface area contributed by atoms with Gasteiger partial charge in [0.25, 0.3) is 11.6 Å². The number of non-ortho nitro benzene ring substituents is 1. The van der Waals surface area contributed by atoms with Gasteiger partial charge in [-0.1, -0.05) is 6.07 Å². The Labute approximate surface area is 158 Å². The maximum absolute atomic E-state index is 12.8. The molecule has 3 aromatic rings. The first-order valence-electron chi connectivity index (χ1n) is 8.31. The van der Waals surface area contributed by atoms with Gasteiger partial charge in [-0.05, 0) is 41.8 Å². The number of thiazole rings is 1. The fourth-order valence-corrected chi connectivity index (χ4v) is 3.91. The van der Waals surface area contributed by atoms with E-state index in [0.29, 0.717) is 23.8 Å². The van der Waals surface area contributed by atoms with Crippen LogP contribution in [0.2, 0.25) is 0 Å². The van der Waals surface area contributed by atoms with Gasteiger partial charge in [0.2, 0.25) is 0 Å². The van der Waals surface area contributed by atoms with Gasteiger partial charge in [-0.15, -0.1) is 11.3 Å². The topological polar surface area (TPSA) is 96.6 Å². The van der Waals surface area contributed by atoms with E-state index in [4.69, 9.17) is 0 Å². The van der Waals surface area contributed by atoms with Crippen LogP contribution in [0.4, 0.5) is 5.69 Å². The van der Waals surface area contributed by atoms with Crippen LogP contribution in [0.25, 0.3) is 10.6 Å². The van der Waals surface area contributed by atoms with Gasteiger partial charge in [0.05, 0.1) is 4.92 Å². The van der Waals surface area contributed by atoms with Crippen LogP contribution in [0.5, 0.6) is 5.75 Å². The predicted molar refractivity (Wildman–Crippen MR) is 101 cm³/mol. The average molecular weight is 381 g/mol. The number of nitrogens with zero attached hydrogens (tertiary/aromatic N) is 3. The van der Waals surface area contributed by atoms with E-state index in [1.165, 1.54) is 23.5 Å². The normalized spacial score (nSPS) is 13.3. The Hall–Kier alpha value is -3.26. The summed E-state index contributed by atoms with van der Waals surface area (Å²) in [6.45, 7) is 1.04. The molecule has 0 saturated carbocycles. The van der Waals surface area contributed by atoms with E-state index >= 15 is 0 Å². The summed E-state index contributed by atoms with van der Waals surface area (Å²) in [4.78, 5) is 29.2. The number of phenols is 1. The maximum atomic E-state index is 12.8. The van der Waals surface area contributed by atoms with Gasteiger partial charge in [0, 0.05) is 36.2 Å². The van der Waals surface area contributed by atoms with Crippen molar-refractivity contribution in [2.45, 2.75) is 13.0 Å². The Morgan fingerprint density at radius 1 is 1.19 bits per heavy atom. The van der Waals surface area contributed by atoms with Crippen molar-refractivity contribution in [1.29, 1.82) is 0 Å². The fraction of sp³-hybridized carbons (Fsp3) is 0.158. The number of carbonyl (C=O) groups excluding carboxylic acids is 1.